The van der Waals surface area contributed by atoms with E-state index in [2.05, 4.69) is 15.0 Å². The lowest BCUT2D eigenvalue weighted by Gasteiger charge is -2.10. The molecule has 0 saturated heterocycles. The van der Waals surface area contributed by atoms with Crippen LogP contribution in [0.4, 0.5) is 5.69 Å². The zero-order valence-corrected chi connectivity index (χ0v) is 13.9. The first-order chi connectivity index (χ1) is 10.9. The maximum absolute atomic E-state index is 12.1. The van der Waals surface area contributed by atoms with Crippen molar-refractivity contribution < 1.29 is 19.1 Å². The topological polar surface area (TPSA) is 80.4 Å². The van der Waals surface area contributed by atoms with E-state index in [-0.39, 0.29) is 28.4 Å². The van der Waals surface area contributed by atoms with Crippen LogP contribution in [0.15, 0.2) is 24.3 Å². The van der Waals surface area contributed by atoms with Crippen LogP contribution in [0.3, 0.4) is 0 Å². The third-order valence-electron chi connectivity index (χ3n) is 3.00. The highest BCUT2D eigenvalue weighted by Crippen LogP contribution is 2.24. The number of carbonyl (C=O) groups is 2. The number of anilines is 1. The summed E-state index contributed by atoms with van der Waals surface area (Å²) in [4.78, 5) is 25.8. The smallest absolute Gasteiger partial charge is 0.343 e. The highest BCUT2D eigenvalue weighted by molar-refractivity contribution is 6.41. The van der Waals surface area contributed by atoms with Gasteiger partial charge in [-0.3, -0.25) is 4.79 Å². The zero-order valence-electron chi connectivity index (χ0n) is 12.4. The predicted octanol–water partition coefficient (Wildman–Crippen LogP) is 3.43. The molecule has 1 aromatic heterocycles. The number of aryl methyl sites for hydroxylation is 1. The largest absolute Gasteiger partial charge is 0.482 e. The SMILES string of the molecule is COC(=O)COc1ccc(NC(=O)c2cc(Cl)c(Cl)[nH]2)c(C)c1. The molecule has 0 spiro atoms. The van der Waals surface area contributed by atoms with Crippen molar-refractivity contribution in [2.24, 2.45) is 0 Å². The first-order valence-electron chi connectivity index (χ1n) is 6.56. The van der Waals surface area contributed by atoms with Gasteiger partial charge in [0.1, 0.15) is 16.6 Å². The quantitative estimate of drug-likeness (QED) is 0.804. The van der Waals surface area contributed by atoms with Crippen LogP contribution in [0.25, 0.3) is 0 Å². The second-order valence-electron chi connectivity index (χ2n) is 4.64. The van der Waals surface area contributed by atoms with Gasteiger partial charge >= 0.3 is 5.97 Å². The molecule has 0 unspecified atom stereocenters. The summed E-state index contributed by atoms with van der Waals surface area (Å²) in [5.74, 6) is -0.345. The third kappa shape index (κ3) is 4.40. The van der Waals surface area contributed by atoms with Crippen molar-refractivity contribution in [2.75, 3.05) is 19.0 Å². The van der Waals surface area contributed by atoms with E-state index in [0.717, 1.165) is 5.56 Å². The molecule has 2 rings (SSSR count). The fourth-order valence-electron chi connectivity index (χ4n) is 1.78. The standard InChI is InChI=1S/C15H14Cl2N2O4/c1-8-5-9(23-7-13(20)22-2)3-4-11(8)19-15(21)12-6-10(16)14(17)18-12/h3-6,18H,7H2,1-2H3,(H,19,21). The number of ether oxygens (including phenoxy) is 2. The molecule has 0 fully saturated rings. The van der Waals surface area contributed by atoms with Gasteiger partial charge in [-0.2, -0.15) is 0 Å². The maximum atomic E-state index is 12.1. The monoisotopic (exact) mass is 356 g/mol. The van der Waals surface area contributed by atoms with E-state index in [1.165, 1.54) is 13.2 Å². The van der Waals surface area contributed by atoms with E-state index < -0.39 is 5.97 Å². The van der Waals surface area contributed by atoms with Crippen molar-refractivity contribution in [1.29, 1.82) is 0 Å². The molecule has 0 aliphatic heterocycles. The number of rotatable bonds is 5. The van der Waals surface area contributed by atoms with Gasteiger partial charge in [-0.25, -0.2) is 4.79 Å². The predicted molar refractivity (Wildman–Crippen MR) is 87.5 cm³/mol. The Hall–Kier alpha value is -2.18. The van der Waals surface area contributed by atoms with Crippen LogP contribution in [0, 0.1) is 6.92 Å². The minimum absolute atomic E-state index is 0.179. The molecule has 0 aliphatic rings. The lowest BCUT2D eigenvalue weighted by Crippen LogP contribution is -2.14. The van der Waals surface area contributed by atoms with Crippen molar-refractivity contribution >= 4 is 40.8 Å². The fourth-order valence-corrected chi connectivity index (χ4v) is 2.10. The average Bonchev–Trinajstić information content (AvgIpc) is 2.86. The average molecular weight is 357 g/mol. The van der Waals surface area contributed by atoms with Gasteiger partial charge in [-0.05, 0) is 36.8 Å². The van der Waals surface area contributed by atoms with Crippen molar-refractivity contribution in [2.45, 2.75) is 6.92 Å². The number of hydrogen-bond acceptors (Lipinski definition) is 4. The molecule has 0 aliphatic carbocycles. The Morgan fingerprint density at radius 1 is 1.26 bits per heavy atom. The van der Waals surface area contributed by atoms with E-state index in [0.29, 0.717) is 11.4 Å². The summed E-state index contributed by atoms with van der Waals surface area (Å²) < 4.78 is 9.77. The second kappa shape index (κ2) is 7.39. The number of carbonyl (C=O) groups excluding carboxylic acids is 2. The number of methoxy groups -OCH3 is 1. The van der Waals surface area contributed by atoms with Gasteiger partial charge in [0.05, 0.1) is 12.1 Å². The lowest BCUT2D eigenvalue weighted by molar-refractivity contribution is -0.142. The molecule has 1 aromatic carbocycles. The highest BCUT2D eigenvalue weighted by Gasteiger charge is 2.13. The first kappa shape index (κ1) is 17.2. The van der Waals surface area contributed by atoms with Gasteiger partial charge in [0, 0.05) is 5.69 Å². The van der Waals surface area contributed by atoms with Crippen LogP contribution in [0.2, 0.25) is 10.2 Å². The van der Waals surface area contributed by atoms with Crippen LogP contribution < -0.4 is 10.1 Å². The number of nitrogens with one attached hydrogen (secondary N) is 2. The summed E-state index contributed by atoms with van der Waals surface area (Å²) in [5, 5.41) is 3.22. The molecule has 0 atom stereocenters. The van der Waals surface area contributed by atoms with Crippen molar-refractivity contribution in [3.8, 4) is 5.75 Å². The summed E-state index contributed by atoms with van der Waals surface area (Å²) in [6.45, 7) is 1.62. The van der Waals surface area contributed by atoms with Gasteiger partial charge in [0.2, 0.25) is 0 Å². The summed E-state index contributed by atoms with van der Waals surface area (Å²) in [7, 11) is 1.29. The maximum Gasteiger partial charge on any atom is 0.343 e. The Kier molecular flexibility index (Phi) is 5.52. The summed E-state index contributed by atoms with van der Waals surface area (Å²) >= 11 is 11.6. The lowest BCUT2D eigenvalue weighted by atomic mass is 10.2. The number of H-pyrrole nitrogens is 1. The molecular weight excluding hydrogens is 343 g/mol. The third-order valence-corrected chi connectivity index (χ3v) is 3.69. The van der Waals surface area contributed by atoms with Crippen LogP contribution in [-0.2, 0) is 9.53 Å². The molecule has 1 amide bonds. The number of benzene rings is 1. The van der Waals surface area contributed by atoms with Gasteiger partial charge in [0.25, 0.3) is 5.91 Å². The number of aromatic amines is 1. The van der Waals surface area contributed by atoms with E-state index in [1.807, 2.05) is 0 Å². The minimum atomic E-state index is -0.472. The molecule has 0 bridgehead atoms. The van der Waals surface area contributed by atoms with Gasteiger partial charge in [-0.1, -0.05) is 23.2 Å². The molecular formula is C15H14Cl2N2O4. The first-order valence-corrected chi connectivity index (χ1v) is 7.32. The fraction of sp³-hybridized carbons (Fsp3) is 0.200. The van der Waals surface area contributed by atoms with Crippen molar-refractivity contribution in [3.63, 3.8) is 0 Å². The summed E-state index contributed by atoms with van der Waals surface area (Å²) in [6, 6.07) is 6.46. The van der Waals surface area contributed by atoms with E-state index >= 15 is 0 Å². The number of amides is 1. The Morgan fingerprint density at radius 2 is 2.00 bits per heavy atom. The molecule has 2 N–H and O–H groups in total. The van der Waals surface area contributed by atoms with Crippen molar-refractivity contribution in [3.05, 3.63) is 45.7 Å². The molecule has 0 saturated carbocycles. The molecule has 8 heteroatoms. The Bertz CT molecular complexity index is 724. The Labute approximate surface area is 142 Å². The van der Waals surface area contributed by atoms with Crippen LogP contribution in [-0.4, -0.2) is 30.6 Å². The minimum Gasteiger partial charge on any atom is -0.482 e. The van der Waals surface area contributed by atoms with Crippen LogP contribution in [0.5, 0.6) is 5.75 Å². The highest BCUT2D eigenvalue weighted by atomic mass is 35.5. The number of esters is 1. The normalized spacial score (nSPS) is 10.3. The molecule has 2 aromatic rings. The summed E-state index contributed by atoms with van der Waals surface area (Å²) in [5.41, 5.74) is 1.62. The zero-order chi connectivity index (χ0) is 17.0. The van der Waals surface area contributed by atoms with E-state index in [4.69, 9.17) is 27.9 Å². The van der Waals surface area contributed by atoms with Gasteiger partial charge in [0.15, 0.2) is 6.61 Å². The van der Waals surface area contributed by atoms with E-state index in [9.17, 15) is 9.59 Å². The van der Waals surface area contributed by atoms with Crippen molar-refractivity contribution in [1.82, 2.24) is 4.98 Å². The second-order valence-corrected chi connectivity index (χ2v) is 5.43. The van der Waals surface area contributed by atoms with Crippen LogP contribution in [0.1, 0.15) is 16.1 Å². The summed E-state index contributed by atoms with van der Waals surface area (Å²) in [6.07, 6.45) is 0. The van der Waals surface area contributed by atoms with E-state index in [1.54, 1.807) is 25.1 Å². The molecule has 0 radical (unpaired) electrons. The Morgan fingerprint density at radius 3 is 2.57 bits per heavy atom. The molecule has 122 valence electrons. The van der Waals surface area contributed by atoms with Gasteiger partial charge < -0.3 is 19.8 Å². The molecule has 23 heavy (non-hydrogen) atoms. The molecule has 1 heterocycles. The van der Waals surface area contributed by atoms with Crippen LogP contribution >= 0.6 is 23.2 Å². The number of aromatic nitrogens is 1. The number of halogens is 2. The molecule has 6 nitrogen and oxygen atoms in total. The van der Waals surface area contributed by atoms with Gasteiger partial charge in [-0.15, -0.1) is 0 Å². The number of hydrogen-bond donors (Lipinski definition) is 2. The Balaban J connectivity index is 2.06.